The molecule has 1 rings (SSSR count). The maximum atomic E-state index is 5.07. The molecule has 1 atom stereocenters. The second kappa shape index (κ2) is 7.93. The average Bonchev–Trinajstić information content (AvgIpc) is 2.38. The summed E-state index contributed by atoms with van der Waals surface area (Å²) >= 11 is 1.93. The van der Waals surface area contributed by atoms with Crippen molar-refractivity contribution in [2.75, 3.05) is 32.3 Å². The van der Waals surface area contributed by atoms with Crippen molar-refractivity contribution < 1.29 is 4.74 Å². The summed E-state index contributed by atoms with van der Waals surface area (Å²) < 4.78 is 5.07. The van der Waals surface area contributed by atoms with Gasteiger partial charge in [0.25, 0.3) is 0 Å². The van der Waals surface area contributed by atoms with Crippen LogP contribution in [0.15, 0.2) is 24.3 Å². The summed E-state index contributed by atoms with van der Waals surface area (Å²) in [7, 11) is 3.78. The zero-order chi connectivity index (χ0) is 14.3. The Labute approximate surface area is 122 Å². The molecule has 0 aromatic heterocycles. The summed E-state index contributed by atoms with van der Waals surface area (Å²) in [5.74, 6) is 2.13. The molecule has 1 aromatic rings. The Hall–Kier alpha value is -0.510. The van der Waals surface area contributed by atoms with Crippen LogP contribution in [0.3, 0.4) is 0 Å². The molecule has 0 heterocycles. The van der Waals surface area contributed by atoms with Gasteiger partial charge in [-0.05, 0) is 23.6 Å². The summed E-state index contributed by atoms with van der Waals surface area (Å²) in [5.41, 5.74) is 2.97. The summed E-state index contributed by atoms with van der Waals surface area (Å²) in [4.78, 5) is 0. The van der Waals surface area contributed by atoms with Crippen molar-refractivity contribution in [3.8, 4) is 0 Å². The Morgan fingerprint density at radius 3 is 2.32 bits per heavy atom. The molecule has 1 N–H and O–H groups in total. The predicted octanol–water partition coefficient (Wildman–Crippen LogP) is 3.62. The van der Waals surface area contributed by atoms with Crippen LogP contribution in [0.2, 0.25) is 0 Å². The van der Waals surface area contributed by atoms with Crippen molar-refractivity contribution in [3.63, 3.8) is 0 Å². The Morgan fingerprint density at radius 1 is 1.21 bits per heavy atom. The number of ether oxygens (including phenoxy) is 1. The van der Waals surface area contributed by atoms with Crippen LogP contribution >= 0.6 is 11.8 Å². The van der Waals surface area contributed by atoms with Crippen LogP contribution in [-0.2, 0) is 10.2 Å². The van der Waals surface area contributed by atoms with Crippen LogP contribution in [0.25, 0.3) is 0 Å². The van der Waals surface area contributed by atoms with Gasteiger partial charge in [0.15, 0.2) is 0 Å². The minimum atomic E-state index is 0.223. The monoisotopic (exact) mass is 281 g/mol. The van der Waals surface area contributed by atoms with E-state index >= 15 is 0 Å². The highest BCUT2D eigenvalue weighted by Gasteiger charge is 2.14. The van der Waals surface area contributed by atoms with Gasteiger partial charge in [0, 0.05) is 24.7 Å². The molecule has 0 bridgehead atoms. The summed E-state index contributed by atoms with van der Waals surface area (Å²) in [6, 6.07) is 9.41. The van der Waals surface area contributed by atoms with E-state index in [0.29, 0.717) is 6.04 Å². The van der Waals surface area contributed by atoms with E-state index in [1.165, 1.54) is 11.1 Å². The molecule has 0 saturated carbocycles. The molecule has 19 heavy (non-hydrogen) atoms. The first kappa shape index (κ1) is 16.5. The van der Waals surface area contributed by atoms with Gasteiger partial charge in [-0.15, -0.1) is 0 Å². The van der Waals surface area contributed by atoms with Gasteiger partial charge in [0.2, 0.25) is 0 Å². The van der Waals surface area contributed by atoms with Crippen LogP contribution in [0.1, 0.15) is 37.9 Å². The average molecular weight is 281 g/mol. The lowest BCUT2D eigenvalue weighted by Gasteiger charge is -2.21. The highest BCUT2D eigenvalue weighted by molar-refractivity contribution is 7.99. The smallest absolute Gasteiger partial charge is 0.0552 e. The van der Waals surface area contributed by atoms with E-state index in [4.69, 9.17) is 4.74 Å². The number of hydrogen-bond donors (Lipinski definition) is 1. The van der Waals surface area contributed by atoms with E-state index in [2.05, 4.69) is 50.4 Å². The molecular formula is C16H27NOS. The van der Waals surface area contributed by atoms with Crippen molar-refractivity contribution in [1.29, 1.82) is 0 Å². The topological polar surface area (TPSA) is 21.3 Å². The van der Waals surface area contributed by atoms with Crippen LogP contribution in [0.4, 0.5) is 0 Å². The second-order valence-corrected chi connectivity index (χ2v) is 6.93. The largest absolute Gasteiger partial charge is 0.384 e. The van der Waals surface area contributed by atoms with E-state index in [9.17, 15) is 0 Å². The van der Waals surface area contributed by atoms with Crippen LogP contribution in [-0.4, -0.2) is 32.3 Å². The Bertz CT molecular complexity index is 356. The molecule has 1 aromatic carbocycles. The molecule has 3 heteroatoms. The van der Waals surface area contributed by atoms with E-state index < -0.39 is 0 Å². The number of methoxy groups -OCH3 is 1. The van der Waals surface area contributed by atoms with Crippen molar-refractivity contribution in [2.45, 2.75) is 32.2 Å². The van der Waals surface area contributed by atoms with Crippen LogP contribution in [0, 0.1) is 0 Å². The van der Waals surface area contributed by atoms with Gasteiger partial charge in [-0.3, -0.25) is 0 Å². The molecule has 0 radical (unpaired) electrons. The van der Waals surface area contributed by atoms with Crippen molar-refractivity contribution in [2.24, 2.45) is 0 Å². The zero-order valence-corrected chi connectivity index (χ0v) is 13.6. The minimum absolute atomic E-state index is 0.223. The first-order valence-electron chi connectivity index (χ1n) is 6.83. The van der Waals surface area contributed by atoms with Crippen molar-refractivity contribution in [1.82, 2.24) is 5.32 Å². The van der Waals surface area contributed by atoms with Gasteiger partial charge in [-0.1, -0.05) is 45.0 Å². The first-order valence-corrected chi connectivity index (χ1v) is 7.99. The molecule has 0 fully saturated rings. The highest BCUT2D eigenvalue weighted by atomic mass is 32.2. The third-order valence-corrected chi connectivity index (χ3v) is 4.27. The number of hydrogen-bond acceptors (Lipinski definition) is 3. The fourth-order valence-electron chi connectivity index (χ4n) is 1.91. The minimum Gasteiger partial charge on any atom is -0.384 e. The normalized spacial score (nSPS) is 13.5. The van der Waals surface area contributed by atoms with Crippen molar-refractivity contribution in [3.05, 3.63) is 35.4 Å². The molecule has 2 nitrogen and oxygen atoms in total. The van der Waals surface area contributed by atoms with Crippen LogP contribution in [0.5, 0.6) is 0 Å². The summed E-state index contributed by atoms with van der Waals surface area (Å²) in [6.07, 6.45) is 0. The van der Waals surface area contributed by atoms with Crippen molar-refractivity contribution >= 4 is 11.8 Å². The molecule has 0 aliphatic heterocycles. The summed E-state index contributed by atoms with van der Waals surface area (Å²) in [5, 5.41) is 3.39. The van der Waals surface area contributed by atoms with E-state index in [-0.39, 0.29) is 5.41 Å². The van der Waals surface area contributed by atoms with E-state index in [1.54, 1.807) is 7.11 Å². The lowest BCUT2D eigenvalue weighted by molar-refractivity contribution is 0.218. The highest BCUT2D eigenvalue weighted by Crippen LogP contribution is 2.25. The molecular weight excluding hydrogens is 254 g/mol. The van der Waals surface area contributed by atoms with Gasteiger partial charge in [0.05, 0.1) is 6.61 Å². The lowest BCUT2D eigenvalue weighted by atomic mass is 9.86. The van der Waals surface area contributed by atoms with Crippen LogP contribution < -0.4 is 5.32 Å². The fraction of sp³-hybridized carbons (Fsp3) is 0.625. The molecule has 0 amide bonds. The number of rotatable bonds is 7. The maximum absolute atomic E-state index is 5.07. The maximum Gasteiger partial charge on any atom is 0.0552 e. The Balaban J connectivity index is 2.61. The molecule has 0 spiro atoms. The van der Waals surface area contributed by atoms with Gasteiger partial charge >= 0.3 is 0 Å². The molecule has 0 aliphatic carbocycles. The Morgan fingerprint density at radius 2 is 1.84 bits per heavy atom. The molecule has 0 aliphatic rings. The SMILES string of the molecule is CNC(CSCCOC)c1ccc(C(C)(C)C)cc1. The fourth-order valence-corrected chi connectivity index (χ4v) is 2.95. The quantitative estimate of drug-likeness (QED) is 0.771. The standard InChI is InChI=1S/C16H27NOS/c1-16(2,3)14-8-6-13(7-9-14)15(17-4)12-19-11-10-18-5/h6-9,15,17H,10-12H2,1-5H3. The third kappa shape index (κ3) is 5.55. The van der Waals surface area contributed by atoms with E-state index in [1.807, 2.05) is 18.8 Å². The molecule has 0 saturated heterocycles. The Kier molecular flexibility index (Phi) is 6.90. The predicted molar refractivity (Wildman–Crippen MR) is 86.1 cm³/mol. The first-order chi connectivity index (χ1) is 8.99. The van der Waals surface area contributed by atoms with Gasteiger partial charge in [-0.25, -0.2) is 0 Å². The van der Waals surface area contributed by atoms with Gasteiger partial charge in [0.1, 0.15) is 0 Å². The number of benzene rings is 1. The molecule has 108 valence electrons. The number of thioether (sulfide) groups is 1. The second-order valence-electron chi connectivity index (χ2n) is 5.78. The lowest BCUT2D eigenvalue weighted by Crippen LogP contribution is -2.19. The van der Waals surface area contributed by atoms with Gasteiger partial charge < -0.3 is 10.1 Å². The van der Waals surface area contributed by atoms with Gasteiger partial charge in [-0.2, -0.15) is 11.8 Å². The van der Waals surface area contributed by atoms with E-state index in [0.717, 1.165) is 18.1 Å². The number of nitrogens with one attached hydrogen (secondary N) is 1. The third-order valence-electron chi connectivity index (χ3n) is 3.24. The molecule has 1 unspecified atom stereocenters. The summed E-state index contributed by atoms with van der Waals surface area (Å²) in [6.45, 7) is 7.57. The zero-order valence-electron chi connectivity index (χ0n) is 12.8.